The Morgan fingerprint density at radius 3 is 2.33 bits per heavy atom. The first-order valence-electron chi connectivity index (χ1n) is 6.00. The Bertz CT molecular complexity index is 331. The molecule has 0 radical (unpaired) electrons. The molecule has 6 nitrogen and oxygen atoms in total. The van der Waals surface area contributed by atoms with Crippen molar-refractivity contribution in [2.24, 2.45) is 5.41 Å². The van der Waals surface area contributed by atoms with Gasteiger partial charge in [-0.3, -0.25) is 14.4 Å². The van der Waals surface area contributed by atoms with Crippen LogP contribution in [0.2, 0.25) is 0 Å². The van der Waals surface area contributed by atoms with E-state index in [0.29, 0.717) is 19.4 Å². The van der Waals surface area contributed by atoms with Gasteiger partial charge < -0.3 is 14.6 Å². The highest BCUT2D eigenvalue weighted by molar-refractivity contribution is 5.90. The first-order valence-corrected chi connectivity index (χ1v) is 6.00. The molecule has 0 aromatic carbocycles. The summed E-state index contributed by atoms with van der Waals surface area (Å²) in [4.78, 5) is 32.6. The fourth-order valence-electron chi connectivity index (χ4n) is 1.77. The maximum atomic E-state index is 11.3. The van der Waals surface area contributed by atoms with Gasteiger partial charge in [-0.15, -0.1) is 0 Å². The fraction of sp³-hybridized carbons (Fsp3) is 0.750. The average Bonchev–Trinajstić information content (AvgIpc) is 2.97. The number of carboxylic acid groups (broad SMARTS) is 1. The van der Waals surface area contributed by atoms with Gasteiger partial charge in [-0.05, 0) is 31.6 Å². The lowest BCUT2D eigenvalue weighted by atomic mass is 9.99. The van der Waals surface area contributed by atoms with Gasteiger partial charge >= 0.3 is 17.9 Å². The molecular formula is C12H18O6. The molecule has 0 heterocycles. The van der Waals surface area contributed by atoms with E-state index >= 15 is 0 Å². The Labute approximate surface area is 105 Å². The summed E-state index contributed by atoms with van der Waals surface area (Å²) in [6.45, 7) is 2.28. The van der Waals surface area contributed by atoms with Crippen LogP contribution in [0, 0.1) is 5.41 Å². The van der Waals surface area contributed by atoms with Crippen molar-refractivity contribution in [3.63, 3.8) is 0 Å². The largest absolute Gasteiger partial charge is 0.481 e. The van der Waals surface area contributed by atoms with Crippen LogP contribution in [0.25, 0.3) is 0 Å². The number of aliphatic carboxylic acids is 1. The number of rotatable bonds is 8. The van der Waals surface area contributed by atoms with E-state index < -0.39 is 18.4 Å². The highest BCUT2D eigenvalue weighted by Crippen LogP contribution is 2.51. The minimum Gasteiger partial charge on any atom is -0.481 e. The van der Waals surface area contributed by atoms with Crippen molar-refractivity contribution in [2.45, 2.75) is 39.0 Å². The SMILES string of the molecule is CCOC(=O)CC1(CCOC(=O)CC(=O)O)CC1. The predicted molar refractivity (Wildman–Crippen MR) is 60.7 cm³/mol. The van der Waals surface area contributed by atoms with E-state index in [-0.39, 0.29) is 18.0 Å². The zero-order valence-electron chi connectivity index (χ0n) is 10.4. The molecule has 0 bridgehead atoms. The van der Waals surface area contributed by atoms with Crippen LogP contribution < -0.4 is 0 Å². The number of ether oxygens (including phenoxy) is 2. The summed E-state index contributed by atoms with van der Waals surface area (Å²) in [5, 5.41) is 8.37. The quantitative estimate of drug-likeness (QED) is 0.518. The molecule has 1 rings (SSSR count). The Morgan fingerprint density at radius 1 is 1.17 bits per heavy atom. The molecule has 0 aromatic heterocycles. The zero-order chi connectivity index (χ0) is 13.6. The van der Waals surface area contributed by atoms with Crippen molar-refractivity contribution >= 4 is 17.9 Å². The predicted octanol–water partition coefficient (Wildman–Crippen LogP) is 1.13. The maximum absolute atomic E-state index is 11.3. The van der Waals surface area contributed by atoms with E-state index in [1.165, 1.54) is 0 Å². The molecule has 0 atom stereocenters. The van der Waals surface area contributed by atoms with Gasteiger partial charge in [0.05, 0.1) is 19.6 Å². The summed E-state index contributed by atoms with van der Waals surface area (Å²) in [6, 6.07) is 0. The Kier molecular flexibility index (Phi) is 5.12. The second kappa shape index (κ2) is 6.37. The van der Waals surface area contributed by atoms with Crippen LogP contribution in [0.1, 0.15) is 39.0 Å². The molecule has 0 saturated heterocycles. The molecule has 0 unspecified atom stereocenters. The van der Waals surface area contributed by atoms with Crippen molar-refractivity contribution in [3.8, 4) is 0 Å². The molecule has 1 aliphatic rings. The van der Waals surface area contributed by atoms with Crippen LogP contribution in [-0.4, -0.2) is 36.2 Å². The van der Waals surface area contributed by atoms with Gasteiger partial charge in [-0.2, -0.15) is 0 Å². The van der Waals surface area contributed by atoms with Gasteiger partial charge in [0.15, 0.2) is 0 Å². The van der Waals surface area contributed by atoms with Gasteiger partial charge in [-0.1, -0.05) is 0 Å². The number of carboxylic acids is 1. The molecule has 1 saturated carbocycles. The van der Waals surface area contributed by atoms with Gasteiger partial charge in [-0.25, -0.2) is 0 Å². The van der Waals surface area contributed by atoms with E-state index in [1.807, 2.05) is 0 Å². The van der Waals surface area contributed by atoms with Gasteiger partial charge in [0.1, 0.15) is 6.42 Å². The van der Waals surface area contributed by atoms with Gasteiger partial charge in [0, 0.05) is 0 Å². The van der Waals surface area contributed by atoms with Crippen molar-refractivity contribution in [1.29, 1.82) is 0 Å². The van der Waals surface area contributed by atoms with Gasteiger partial charge in [0.25, 0.3) is 0 Å². The van der Waals surface area contributed by atoms with Crippen LogP contribution in [-0.2, 0) is 23.9 Å². The smallest absolute Gasteiger partial charge is 0.317 e. The molecule has 0 aliphatic heterocycles. The van der Waals surface area contributed by atoms with E-state index in [1.54, 1.807) is 6.92 Å². The third-order valence-corrected chi connectivity index (χ3v) is 2.97. The molecule has 0 spiro atoms. The molecule has 1 fully saturated rings. The second-order valence-electron chi connectivity index (χ2n) is 4.52. The summed E-state index contributed by atoms with van der Waals surface area (Å²) in [5.74, 6) is -2.17. The lowest BCUT2D eigenvalue weighted by molar-refractivity contribution is -0.151. The second-order valence-corrected chi connectivity index (χ2v) is 4.52. The van der Waals surface area contributed by atoms with Gasteiger partial charge in [0.2, 0.25) is 0 Å². The number of hydrogen-bond acceptors (Lipinski definition) is 5. The molecule has 1 N–H and O–H groups in total. The average molecular weight is 258 g/mol. The van der Waals surface area contributed by atoms with Crippen LogP contribution in [0.5, 0.6) is 0 Å². The standard InChI is InChI=1S/C12H18O6/c1-2-17-11(16)8-12(3-4-12)5-6-18-10(15)7-9(13)14/h2-8H2,1H3,(H,13,14). The molecule has 0 aromatic rings. The minimum atomic E-state index is -1.20. The number of esters is 2. The molecule has 1 aliphatic carbocycles. The molecule has 18 heavy (non-hydrogen) atoms. The van der Waals surface area contributed by atoms with Crippen LogP contribution in [0.15, 0.2) is 0 Å². The minimum absolute atomic E-state index is 0.101. The third-order valence-electron chi connectivity index (χ3n) is 2.97. The van der Waals surface area contributed by atoms with Crippen molar-refractivity contribution < 1.29 is 29.0 Å². The van der Waals surface area contributed by atoms with Crippen molar-refractivity contribution in [2.75, 3.05) is 13.2 Å². The number of carbonyl (C=O) groups is 3. The summed E-state index contributed by atoms with van der Waals surface area (Å²) < 4.78 is 9.67. The zero-order valence-corrected chi connectivity index (χ0v) is 10.4. The summed E-state index contributed by atoms with van der Waals surface area (Å²) >= 11 is 0. The Morgan fingerprint density at radius 2 is 1.83 bits per heavy atom. The summed E-state index contributed by atoms with van der Waals surface area (Å²) in [5.41, 5.74) is -0.101. The Hall–Kier alpha value is -1.59. The monoisotopic (exact) mass is 258 g/mol. The first kappa shape index (κ1) is 14.5. The van der Waals surface area contributed by atoms with E-state index in [2.05, 4.69) is 0 Å². The van der Waals surface area contributed by atoms with E-state index in [0.717, 1.165) is 12.8 Å². The molecule has 6 heteroatoms. The fourth-order valence-corrected chi connectivity index (χ4v) is 1.77. The third kappa shape index (κ3) is 5.16. The number of carbonyl (C=O) groups excluding carboxylic acids is 2. The highest BCUT2D eigenvalue weighted by atomic mass is 16.5. The topological polar surface area (TPSA) is 89.9 Å². The maximum Gasteiger partial charge on any atom is 0.317 e. The van der Waals surface area contributed by atoms with E-state index in [9.17, 15) is 14.4 Å². The van der Waals surface area contributed by atoms with Crippen LogP contribution in [0.4, 0.5) is 0 Å². The van der Waals surface area contributed by atoms with Crippen molar-refractivity contribution in [1.82, 2.24) is 0 Å². The molecule has 102 valence electrons. The molecule has 0 amide bonds. The summed E-state index contributed by atoms with van der Waals surface area (Å²) in [7, 11) is 0. The molecular weight excluding hydrogens is 240 g/mol. The lowest BCUT2D eigenvalue weighted by Gasteiger charge is -2.13. The Balaban J connectivity index is 2.20. The first-order chi connectivity index (χ1) is 8.47. The normalized spacial score (nSPS) is 15.8. The lowest BCUT2D eigenvalue weighted by Crippen LogP contribution is -2.17. The van der Waals surface area contributed by atoms with E-state index in [4.69, 9.17) is 14.6 Å². The summed E-state index contributed by atoms with van der Waals surface area (Å²) in [6.07, 6.45) is 2.14. The van der Waals surface area contributed by atoms with Crippen LogP contribution in [0.3, 0.4) is 0 Å². The highest BCUT2D eigenvalue weighted by Gasteiger charge is 2.44. The van der Waals surface area contributed by atoms with Crippen molar-refractivity contribution in [3.05, 3.63) is 0 Å². The number of hydrogen-bond donors (Lipinski definition) is 1. The van der Waals surface area contributed by atoms with Crippen LogP contribution >= 0.6 is 0 Å².